The standard InChI is InChI=1S/C16H23N3O/c20-15-10-4-1-6-12(15)7-5-11-17-16-18-13-8-2-3-9-14(13)19-16/h2-3,8-9,12,15,20H,1,4-7,10-11H2,(H2,17,18,19). The summed E-state index contributed by atoms with van der Waals surface area (Å²) in [5.41, 5.74) is 2.07. The maximum Gasteiger partial charge on any atom is 0.201 e. The topological polar surface area (TPSA) is 60.9 Å². The van der Waals surface area contributed by atoms with E-state index in [1.165, 1.54) is 19.3 Å². The first-order valence-corrected chi connectivity index (χ1v) is 7.69. The van der Waals surface area contributed by atoms with Crippen LogP contribution in [-0.4, -0.2) is 27.7 Å². The number of aromatic nitrogens is 2. The highest BCUT2D eigenvalue weighted by molar-refractivity contribution is 5.77. The van der Waals surface area contributed by atoms with Crippen LogP contribution in [0.1, 0.15) is 38.5 Å². The Kier molecular flexibility index (Phi) is 4.21. The van der Waals surface area contributed by atoms with Crippen LogP contribution in [0.15, 0.2) is 24.3 Å². The van der Waals surface area contributed by atoms with E-state index in [2.05, 4.69) is 15.3 Å². The Balaban J connectivity index is 1.45. The second-order valence-corrected chi connectivity index (χ2v) is 5.78. The molecule has 1 heterocycles. The van der Waals surface area contributed by atoms with Gasteiger partial charge >= 0.3 is 0 Å². The molecule has 1 aliphatic carbocycles. The average Bonchev–Trinajstić information content (AvgIpc) is 2.88. The van der Waals surface area contributed by atoms with Crippen LogP contribution < -0.4 is 5.32 Å². The zero-order valence-corrected chi connectivity index (χ0v) is 11.8. The Hall–Kier alpha value is -1.55. The Morgan fingerprint density at radius 1 is 1.25 bits per heavy atom. The number of aliphatic hydroxyl groups excluding tert-OH is 1. The lowest BCUT2D eigenvalue weighted by molar-refractivity contribution is 0.0648. The summed E-state index contributed by atoms with van der Waals surface area (Å²) < 4.78 is 0. The monoisotopic (exact) mass is 273 g/mol. The Labute approximate surface area is 119 Å². The summed E-state index contributed by atoms with van der Waals surface area (Å²) in [5, 5.41) is 13.3. The lowest BCUT2D eigenvalue weighted by atomic mass is 9.83. The van der Waals surface area contributed by atoms with E-state index in [1.807, 2.05) is 24.3 Å². The van der Waals surface area contributed by atoms with Gasteiger partial charge < -0.3 is 15.4 Å². The molecule has 0 spiro atoms. The van der Waals surface area contributed by atoms with Gasteiger partial charge in [0.15, 0.2) is 0 Å². The normalized spacial score (nSPS) is 23.1. The number of aromatic amines is 1. The minimum Gasteiger partial charge on any atom is -0.393 e. The molecule has 2 aromatic rings. The first-order chi connectivity index (χ1) is 9.83. The predicted octanol–water partition coefficient (Wildman–Crippen LogP) is 3.31. The third-order valence-electron chi connectivity index (χ3n) is 4.30. The molecule has 0 bridgehead atoms. The van der Waals surface area contributed by atoms with E-state index in [1.54, 1.807) is 0 Å². The quantitative estimate of drug-likeness (QED) is 0.732. The minimum atomic E-state index is -0.0741. The molecule has 4 nitrogen and oxygen atoms in total. The molecule has 0 radical (unpaired) electrons. The summed E-state index contributed by atoms with van der Waals surface area (Å²) in [6, 6.07) is 8.05. The summed E-state index contributed by atoms with van der Waals surface area (Å²) in [6.07, 6.45) is 6.75. The van der Waals surface area contributed by atoms with Crippen LogP contribution in [0.25, 0.3) is 11.0 Å². The van der Waals surface area contributed by atoms with Crippen molar-refractivity contribution in [2.24, 2.45) is 5.92 Å². The van der Waals surface area contributed by atoms with Crippen LogP contribution >= 0.6 is 0 Å². The number of nitrogens with one attached hydrogen (secondary N) is 2. The zero-order chi connectivity index (χ0) is 13.8. The molecule has 4 heteroatoms. The summed E-state index contributed by atoms with van der Waals surface area (Å²) in [6.45, 7) is 0.906. The van der Waals surface area contributed by atoms with Crippen molar-refractivity contribution in [1.29, 1.82) is 0 Å². The van der Waals surface area contributed by atoms with E-state index in [9.17, 15) is 5.11 Å². The van der Waals surface area contributed by atoms with Crippen LogP contribution in [-0.2, 0) is 0 Å². The van der Waals surface area contributed by atoms with Gasteiger partial charge in [0, 0.05) is 6.54 Å². The van der Waals surface area contributed by atoms with Gasteiger partial charge in [-0.25, -0.2) is 4.98 Å². The Bertz CT molecular complexity index is 518. The second-order valence-electron chi connectivity index (χ2n) is 5.78. The zero-order valence-electron chi connectivity index (χ0n) is 11.8. The van der Waals surface area contributed by atoms with Crippen LogP contribution in [0, 0.1) is 5.92 Å². The summed E-state index contributed by atoms with van der Waals surface area (Å²) in [7, 11) is 0. The van der Waals surface area contributed by atoms with E-state index < -0.39 is 0 Å². The van der Waals surface area contributed by atoms with Gasteiger partial charge in [0.1, 0.15) is 0 Å². The third kappa shape index (κ3) is 3.12. The van der Waals surface area contributed by atoms with Gasteiger partial charge in [0.05, 0.1) is 17.1 Å². The van der Waals surface area contributed by atoms with Crippen molar-refractivity contribution >= 4 is 17.0 Å². The first kappa shape index (κ1) is 13.4. The fourth-order valence-corrected chi connectivity index (χ4v) is 3.13. The van der Waals surface area contributed by atoms with Gasteiger partial charge in [-0.15, -0.1) is 0 Å². The van der Waals surface area contributed by atoms with Crippen molar-refractivity contribution in [3.05, 3.63) is 24.3 Å². The molecule has 0 aliphatic heterocycles. The molecular formula is C16H23N3O. The number of aliphatic hydroxyl groups is 1. The number of hydrogen-bond acceptors (Lipinski definition) is 3. The number of hydrogen-bond donors (Lipinski definition) is 3. The number of benzene rings is 1. The number of H-pyrrole nitrogens is 1. The lowest BCUT2D eigenvalue weighted by Crippen LogP contribution is -2.24. The molecule has 1 aliphatic rings. The number of rotatable bonds is 5. The minimum absolute atomic E-state index is 0.0741. The van der Waals surface area contributed by atoms with Crippen molar-refractivity contribution in [2.45, 2.75) is 44.6 Å². The molecule has 20 heavy (non-hydrogen) atoms. The highest BCUT2D eigenvalue weighted by Gasteiger charge is 2.22. The molecule has 108 valence electrons. The first-order valence-electron chi connectivity index (χ1n) is 7.69. The maximum atomic E-state index is 9.94. The molecule has 1 aromatic heterocycles. The van der Waals surface area contributed by atoms with Crippen molar-refractivity contribution in [3.8, 4) is 0 Å². The number of fused-ring (bicyclic) bond motifs is 1. The highest BCUT2D eigenvalue weighted by atomic mass is 16.3. The van der Waals surface area contributed by atoms with Gasteiger partial charge in [0.25, 0.3) is 0 Å². The molecule has 1 aromatic carbocycles. The van der Waals surface area contributed by atoms with Crippen LogP contribution in [0.4, 0.5) is 5.95 Å². The van der Waals surface area contributed by atoms with E-state index in [0.29, 0.717) is 5.92 Å². The number of imidazole rings is 1. The number of nitrogens with zero attached hydrogens (tertiary/aromatic N) is 1. The number of para-hydroxylation sites is 2. The lowest BCUT2D eigenvalue weighted by Gasteiger charge is -2.27. The van der Waals surface area contributed by atoms with Gasteiger partial charge in [0.2, 0.25) is 5.95 Å². The van der Waals surface area contributed by atoms with Crippen LogP contribution in [0.3, 0.4) is 0 Å². The Morgan fingerprint density at radius 3 is 2.95 bits per heavy atom. The van der Waals surface area contributed by atoms with Crippen LogP contribution in [0.5, 0.6) is 0 Å². The summed E-state index contributed by atoms with van der Waals surface area (Å²) >= 11 is 0. The average molecular weight is 273 g/mol. The molecule has 2 unspecified atom stereocenters. The molecule has 0 amide bonds. The van der Waals surface area contributed by atoms with Crippen molar-refractivity contribution in [2.75, 3.05) is 11.9 Å². The largest absolute Gasteiger partial charge is 0.393 e. The van der Waals surface area contributed by atoms with Gasteiger partial charge in [-0.3, -0.25) is 0 Å². The molecule has 3 N–H and O–H groups in total. The molecule has 1 saturated carbocycles. The Morgan fingerprint density at radius 2 is 2.10 bits per heavy atom. The van der Waals surface area contributed by atoms with Crippen molar-refractivity contribution < 1.29 is 5.11 Å². The highest BCUT2D eigenvalue weighted by Crippen LogP contribution is 2.27. The van der Waals surface area contributed by atoms with E-state index >= 15 is 0 Å². The molecular weight excluding hydrogens is 250 g/mol. The fraction of sp³-hybridized carbons (Fsp3) is 0.562. The predicted molar refractivity (Wildman–Crippen MR) is 81.8 cm³/mol. The second kappa shape index (κ2) is 6.27. The SMILES string of the molecule is OC1CCCCC1CCCNc1nc2ccccc2[nH]1. The van der Waals surface area contributed by atoms with Crippen LogP contribution in [0.2, 0.25) is 0 Å². The van der Waals surface area contributed by atoms with E-state index in [4.69, 9.17) is 0 Å². The number of anilines is 1. The third-order valence-corrected chi connectivity index (χ3v) is 4.30. The van der Waals surface area contributed by atoms with Gasteiger partial charge in [-0.1, -0.05) is 25.0 Å². The molecule has 1 fully saturated rings. The summed E-state index contributed by atoms with van der Waals surface area (Å²) in [5.74, 6) is 1.34. The maximum absolute atomic E-state index is 9.94. The fourth-order valence-electron chi connectivity index (χ4n) is 3.13. The van der Waals surface area contributed by atoms with E-state index in [0.717, 1.165) is 42.8 Å². The van der Waals surface area contributed by atoms with Crippen molar-refractivity contribution in [3.63, 3.8) is 0 Å². The van der Waals surface area contributed by atoms with Crippen molar-refractivity contribution in [1.82, 2.24) is 9.97 Å². The van der Waals surface area contributed by atoms with E-state index in [-0.39, 0.29) is 6.10 Å². The molecule has 2 atom stereocenters. The van der Waals surface area contributed by atoms with Gasteiger partial charge in [-0.05, 0) is 43.7 Å². The van der Waals surface area contributed by atoms with Gasteiger partial charge in [-0.2, -0.15) is 0 Å². The molecule has 3 rings (SSSR count). The smallest absolute Gasteiger partial charge is 0.201 e. The molecule has 0 saturated heterocycles. The summed E-state index contributed by atoms with van der Waals surface area (Å²) in [4.78, 5) is 7.77.